The third-order valence-corrected chi connectivity index (χ3v) is 2.22. The topological polar surface area (TPSA) is 82.2 Å². The molecule has 5 heteroatoms. The number of rotatable bonds is 5. The third kappa shape index (κ3) is 4.64. The van der Waals surface area contributed by atoms with Crippen molar-refractivity contribution in [2.45, 2.75) is 0 Å². The maximum Gasteiger partial charge on any atom is 0.238 e. The molecule has 0 saturated carbocycles. The molecule has 1 aromatic carbocycles. The van der Waals surface area contributed by atoms with Crippen molar-refractivity contribution in [1.29, 1.82) is 5.26 Å². The van der Waals surface area contributed by atoms with E-state index in [1.165, 1.54) is 0 Å². The lowest BCUT2D eigenvalue weighted by molar-refractivity contribution is -0.117. The highest BCUT2D eigenvalue weighted by Gasteiger charge is 2.05. The molecular weight excluding hydrogens is 216 g/mol. The highest BCUT2D eigenvalue weighted by atomic mass is 16.2. The standard InChI is InChI=1S/C12H16N4O/c1-16(7-6-13)9-12(17)15-11-4-2-10(8-14)3-5-11/h2-5H,6-7,9,13H2,1H3,(H,15,17). The van der Waals surface area contributed by atoms with Crippen LogP contribution >= 0.6 is 0 Å². The van der Waals surface area contributed by atoms with Crippen LogP contribution in [0.25, 0.3) is 0 Å². The molecule has 5 nitrogen and oxygen atoms in total. The van der Waals surface area contributed by atoms with Crippen molar-refractivity contribution in [3.05, 3.63) is 29.8 Å². The summed E-state index contributed by atoms with van der Waals surface area (Å²) in [6.45, 7) is 1.51. The van der Waals surface area contributed by atoms with Crippen molar-refractivity contribution in [2.75, 3.05) is 32.0 Å². The predicted octanol–water partition coefficient (Wildman–Crippen LogP) is 0.387. The van der Waals surface area contributed by atoms with Crippen molar-refractivity contribution in [2.24, 2.45) is 5.73 Å². The first-order valence-corrected chi connectivity index (χ1v) is 5.34. The molecule has 0 spiro atoms. The number of benzene rings is 1. The molecule has 0 aliphatic rings. The molecule has 0 saturated heterocycles. The molecule has 1 amide bonds. The van der Waals surface area contributed by atoms with Crippen LogP contribution in [0.5, 0.6) is 0 Å². The molecule has 0 aliphatic carbocycles. The monoisotopic (exact) mass is 232 g/mol. The third-order valence-electron chi connectivity index (χ3n) is 2.22. The molecule has 0 aromatic heterocycles. The van der Waals surface area contributed by atoms with Gasteiger partial charge in [0.2, 0.25) is 5.91 Å². The number of nitriles is 1. The van der Waals surface area contributed by atoms with Gasteiger partial charge in [-0.1, -0.05) is 0 Å². The van der Waals surface area contributed by atoms with Gasteiger partial charge in [-0.15, -0.1) is 0 Å². The zero-order valence-corrected chi connectivity index (χ0v) is 9.81. The predicted molar refractivity (Wildman–Crippen MR) is 66.3 cm³/mol. The number of amides is 1. The summed E-state index contributed by atoms with van der Waals surface area (Å²) in [6.07, 6.45) is 0. The highest BCUT2D eigenvalue weighted by molar-refractivity contribution is 5.92. The molecule has 17 heavy (non-hydrogen) atoms. The number of nitrogens with one attached hydrogen (secondary N) is 1. The Bertz CT molecular complexity index is 408. The van der Waals surface area contributed by atoms with Crippen molar-refractivity contribution in [3.8, 4) is 6.07 Å². The Morgan fingerprint density at radius 1 is 1.47 bits per heavy atom. The Kier molecular flexibility index (Phi) is 5.14. The lowest BCUT2D eigenvalue weighted by atomic mass is 10.2. The van der Waals surface area contributed by atoms with E-state index >= 15 is 0 Å². The normalized spacial score (nSPS) is 10.0. The Morgan fingerprint density at radius 2 is 2.12 bits per heavy atom. The molecule has 0 bridgehead atoms. The van der Waals surface area contributed by atoms with Gasteiger partial charge >= 0.3 is 0 Å². The summed E-state index contributed by atoms with van der Waals surface area (Å²) in [4.78, 5) is 13.4. The molecule has 0 atom stereocenters. The van der Waals surface area contributed by atoms with Crippen LogP contribution in [0.1, 0.15) is 5.56 Å². The fraction of sp³-hybridized carbons (Fsp3) is 0.333. The maximum absolute atomic E-state index is 11.6. The van der Waals surface area contributed by atoms with Gasteiger partial charge in [0.1, 0.15) is 0 Å². The Balaban J connectivity index is 2.48. The van der Waals surface area contributed by atoms with E-state index in [0.29, 0.717) is 30.9 Å². The van der Waals surface area contributed by atoms with E-state index in [-0.39, 0.29) is 5.91 Å². The SMILES string of the molecule is CN(CCN)CC(=O)Nc1ccc(C#N)cc1. The average molecular weight is 232 g/mol. The number of hydrogen-bond acceptors (Lipinski definition) is 4. The van der Waals surface area contributed by atoms with Crippen molar-refractivity contribution >= 4 is 11.6 Å². The molecule has 0 radical (unpaired) electrons. The summed E-state index contributed by atoms with van der Waals surface area (Å²) in [6, 6.07) is 8.77. The minimum absolute atomic E-state index is 0.0920. The number of carbonyl (C=O) groups is 1. The summed E-state index contributed by atoms with van der Waals surface area (Å²) in [7, 11) is 1.84. The zero-order valence-electron chi connectivity index (χ0n) is 9.81. The summed E-state index contributed by atoms with van der Waals surface area (Å²) < 4.78 is 0. The van der Waals surface area contributed by atoms with E-state index in [4.69, 9.17) is 11.0 Å². The molecule has 1 aromatic rings. The number of hydrogen-bond donors (Lipinski definition) is 2. The fourth-order valence-corrected chi connectivity index (χ4v) is 1.37. The van der Waals surface area contributed by atoms with Crippen molar-refractivity contribution in [1.82, 2.24) is 4.90 Å². The number of carbonyl (C=O) groups excluding carboxylic acids is 1. The number of nitrogens with two attached hydrogens (primary N) is 1. The van der Waals surface area contributed by atoms with Gasteiger partial charge in [-0.3, -0.25) is 9.69 Å². The van der Waals surface area contributed by atoms with Gasteiger partial charge < -0.3 is 11.1 Å². The Labute approximate surface area is 101 Å². The van der Waals surface area contributed by atoms with Crippen LogP contribution < -0.4 is 11.1 Å². The highest BCUT2D eigenvalue weighted by Crippen LogP contribution is 2.08. The summed E-state index contributed by atoms with van der Waals surface area (Å²) in [5, 5.41) is 11.4. The summed E-state index contributed by atoms with van der Waals surface area (Å²) in [5.41, 5.74) is 6.65. The Hall–Kier alpha value is -1.90. The van der Waals surface area contributed by atoms with Crippen LogP contribution in [0.2, 0.25) is 0 Å². The minimum atomic E-state index is -0.0920. The first kappa shape index (κ1) is 13.2. The molecule has 90 valence electrons. The Morgan fingerprint density at radius 3 is 2.65 bits per heavy atom. The van der Waals surface area contributed by atoms with Gasteiger partial charge in [-0.05, 0) is 31.3 Å². The van der Waals surface area contributed by atoms with E-state index in [1.807, 2.05) is 18.0 Å². The second kappa shape index (κ2) is 6.63. The number of nitrogens with zero attached hydrogens (tertiary/aromatic N) is 2. The van der Waals surface area contributed by atoms with Gasteiger partial charge in [0.05, 0.1) is 18.2 Å². The second-order valence-corrected chi connectivity index (χ2v) is 3.76. The lowest BCUT2D eigenvalue weighted by Crippen LogP contribution is -2.33. The average Bonchev–Trinajstić information content (AvgIpc) is 2.30. The van der Waals surface area contributed by atoms with E-state index in [1.54, 1.807) is 24.3 Å². The second-order valence-electron chi connectivity index (χ2n) is 3.76. The van der Waals surface area contributed by atoms with Gasteiger partial charge in [-0.25, -0.2) is 0 Å². The van der Waals surface area contributed by atoms with Crippen molar-refractivity contribution in [3.63, 3.8) is 0 Å². The van der Waals surface area contributed by atoms with Crippen LogP contribution in [-0.4, -0.2) is 37.5 Å². The van der Waals surface area contributed by atoms with Gasteiger partial charge in [0.15, 0.2) is 0 Å². The molecule has 0 aliphatic heterocycles. The van der Waals surface area contributed by atoms with Gasteiger partial charge in [0, 0.05) is 18.8 Å². The van der Waals surface area contributed by atoms with Crippen LogP contribution in [0, 0.1) is 11.3 Å². The van der Waals surface area contributed by atoms with E-state index in [0.717, 1.165) is 0 Å². The minimum Gasteiger partial charge on any atom is -0.329 e. The fourth-order valence-electron chi connectivity index (χ4n) is 1.37. The largest absolute Gasteiger partial charge is 0.329 e. The first-order valence-electron chi connectivity index (χ1n) is 5.34. The molecular formula is C12H16N4O. The zero-order chi connectivity index (χ0) is 12.7. The van der Waals surface area contributed by atoms with Crippen LogP contribution in [0.3, 0.4) is 0 Å². The molecule has 0 heterocycles. The van der Waals surface area contributed by atoms with Crippen LogP contribution in [0.4, 0.5) is 5.69 Å². The van der Waals surface area contributed by atoms with Gasteiger partial charge in [0.25, 0.3) is 0 Å². The van der Waals surface area contributed by atoms with E-state index in [9.17, 15) is 4.79 Å². The molecule has 3 N–H and O–H groups in total. The van der Waals surface area contributed by atoms with E-state index < -0.39 is 0 Å². The van der Waals surface area contributed by atoms with Crippen LogP contribution in [-0.2, 0) is 4.79 Å². The van der Waals surface area contributed by atoms with Crippen LogP contribution in [0.15, 0.2) is 24.3 Å². The maximum atomic E-state index is 11.6. The van der Waals surface area contributed by atoms with Gasteiger partial charge in [-0.2, -0.15) is 5.26 Å². The van der Waals surface area contributed by atoms with Crippen molar-refractivity contribution < 1.29 is 4.79 Å². The molecule has 0 fully saturated rings. The van der Waals surface area contributed by atoms with E-state index in [2.05, 4.69) is 5.32 Å². The smallest absolute Gasteiger partial charge is 0.238 e. The quantitative estimate of drug-likeness (QED) is 0.769. The molecule has 0 unspecified atom stereocenters. The summed E-state index contributed by atoms with van der Waals surface area (Å²) >= 11 is 0. The summed E-state index contributed by atoms with van der Waals surface area (Å²) in [5.74, 6) is -0.0920. The molecule has 1 rings (SSSR count). The number of anilines is 1. The lowest BCUT2D eigenvalue weighted by Gasteiger charge is -2.14. The first-order chi connectivity index (χ1) is 8.15. The number of likely N-dealkylation sites (N-methyl/N-ethyl adjacent to an activating group) is 1.